The number of hydrogen-bond donors (Lipinski definition) is 4. The normalized spacial score (nSPS) is 14.1. The van der Waals surface area contributed by atoms with Gasteiger partial charge in [0, 0.05) is 0 Å². The SMILES string of the molecule is CC(C)C[C@@H](COC(=O)[C@H](CC(C)C)NC(=O)OC(C)(C)C)NC(=O)N[C@@H](CC(C)C)C(=O)N[C@@H](CC(C)C)C(=O)OCc1ccccc1. The van der Waals surface area contributed by atoms with Crippen LogP contribution >= 0.6 is 0 Å². The van der Waals surface area contributed by atoms with Gasteiger partial charge in [-0.05, 0) is 75.7 Å². The molecule has 0 saturated carbocycles. The summed E-state index contributed by atoms with van der Waals surface area (Å²) in [6.07, 6.45) is 0.789. The summed E-state index contributed by atoms with van der Waals surface area (Å²) in [6.45, 7) is 20.7. The number of rotatable bonds is 19. The number of hydrogen-bond acceptors (Lipinski definition) is 8. The lowest BCUT2D eigenvalue weighted by Gasteiger charge is -2.27. The number of esters is 2. The Labute approximate surface area is 293 Å². The molecule has 0 saturated heterocycles. The Morgan fingerprint density at radius 2 is 1.10 bits per heavy atom. The molecule has 0 aliphatic rings. The highest BCUT2D eigenvalue weighted by Crippen LogP contribution is 2.14. The average Bonchev–Trinajstić information content (AvgIpc) is 2.96. The molecule has 4 atom stereocenters. The van der Waals surface area contributed by atoms with Crippen LogP contribution in [-0.2, 0) is 35.2 Å². The molecule has 0 bridgehead atoms. The predicted molar refractivity (Wildman–Crippen MR) is 189 cm³/mol. The Morgan fingerprint density at radius 1 is 0.612 bits per heavy atom. The van der Waals surface area contributed by atoms with Crippen LogP contribution in [0.1, 0.15) is 107 Å². The van der Waals surface area contributed by atoms with E-state index < -0.39 is 59.7 Å². The van der Waals surface area contributed by atoms with Gasteiger partial charge in [-0.3, -0.25) is 4.79 Å². The number of amides is 4. The molecule has 0 heterocycles. The van der Waals surface area contributed by atoms with E-state index in [1.807, 2.05) is 85.7 Å². The number of alkyl carbamates (subject to hydrolysis) is 1. The molecule has 0 aliphatic carbocycles. The fourth-order valence-corrected chi connectivity index (χ4v) is 5.03. The molecule has 0 aromatic heterocycles. The molecule has 4 amide bonds. The summed E-state index contributed by atoms with van der Waals surface area (Å²) in [5, 5.41) is 11.0. The Balaban J connectivity index is 2.97. The zero-order valence-electron chi connectivity index (χ0n) is 31.5. The number of carbonyl (C=O) groups is 5. The van der Waals surface area contributed by atoms with Crippen LogP contribution in [0.5, 0.6) is 0 Å². The summed E-state index contributed by atoms with van der Waals surface area (Å²) in [7, 11) is 0. The van der Waals surface area contributed by atoms with Crippen molar-refractivity contribution in [2.45, 2.75) is 138 Å². The third-order valence-corrected chi connectivity index (χ3v) is 7.06. The lowest BCUT2D eigenvalue weighted by Crippen LogP contribution is -2.56. The maximum atomic E-state index is 13.5. The first-order valence-corrected chi connectivity index (χ1v) is 17.5. The molecular formula is C37H62N4O8. The van der Waals surface area contributed by atoms with Crippen molar-refractivity contribution in [2.24, 2.45) is 23.7 Å². The van der Waals surface area contributed by atoms with Gasteiger partial charge in [-0.25, -0.2) is 19.2 Å². The van der Waals surface area contributed by atoms with Crippen molar-refractivity contribution in [3.8, 4) is 0 Å². The molecule has 1 aromatic rings. The highest BCUT2D eigenvalue weighted by atomic mass is 16.6. The van der Waals surface area contributed by atoms with Crippen LogP contribution in [0.15, 0.2) is 30.3 Å². The van der Waals surface area contributed by atoms with Crippen LogP contribution in [0.3, 0.4) is 0 Å². The standard InChI is InChI=1S/C37H62N4O8/c1-23(2)17-28(22-48-34(44)31(20-26(7)8)41-36(46)49-37(9,10)11)38-35(45)40-29(18-24(3)4)32(42)39-30(19-25(5)6)33(43)47-21-27-15-13-12-14-16-27/h12-16,23-26,28-31H,17-22H2,1-11H3,(H,39,42)(H,41,46)(H2,38,40,45)/t28-,29-,30-,31-/m0/s1. The molecular weight excluding hydrogens is 628 g/mol. The first kappa shape index (κ1) is 43.2. The number of urea groups is 1. The molecule has 0 radical (unpaired) electrons. The molecule has 12 nitrogen and oxygen atoms in total. The van der Waals surface area contributed by atoms with Gasteiger partial charge in [0.1, 0.15) is 36.9 Å². The van der Waals surface area contributed by atoms with Gasteiger partial charge in [-0.2, -0.15) is 0 Å². The zero-order valence-corrected chi connectivity index (χ0v) is 31.5. The second-order valence-corrected chi connectivity index (χ2v) is 15.4. The first-order chi connectivity index (χ1) is 22.7. The van der Waals surface area contributed by atoms with Crippen molar-refractivity contribution in [3.05, 3.63) is 35.9 Å². The van der Waals surface area contributed by atoms with Crippen molar-refractivity contribution in [1.29, 1.82) is 0 Å². The Bertz CT molecular complexity index is 1180. The number of benzene rings is 1. The van der Waals surface area contributed by atoms with Gasteiger partial charge >= 0.3 is 24.1 Å². The first-order valence-electron chi connectivity index (χ1n) is 17.5. The van der Waals surface area contributed by atoms with E-state index in [0.717, 1.165) is 5.56 Å². The Hall–Kier alpha value is -3.83. The predicted octanol–water partition coefficient (Wildman–Crippen LogP) is 5.87. The molecule has 49 heavy (non-hydrogen) atoms. The molecule has 0 unspecified atom stereocenters. The summed E-state index contributed by atoms with van der Waals surface area (Å²) in [4.78, 5) is 65.4. The van der Waals surface area contributed by atoms with E-state index in [4.69, 9.17) is 14.2 Å². The van der Waals surface area contributed by atoms with Gasteiger partial charge in [0.2, 0.25) is 5.91 Å². The lowest BCUT2D eigenvalue weighted by molar-refractivity contribution is -0.150. The van der Waals surface area contributed by atoms with Crippen LogP contribution in [0.25, 0.3) is 0 Å². The van der Waals surface area contributed by atoms with Crippen LogP contribution < -0.4 is 21.3 Å². The minimum atomic E-state index is -0.938. The fraction of sp³-hybridized carbons (Fsp3) is 0.703. The summed E-state index contributed by atoms with van der Waals surface area (Å²) in [5.74, 6) is -1.32. The van der Waals surface area contributed by atoms with E-state index in [1.54, 1.807) is 20.8 Å². The minimum absolute atomic E-state index is 0.0485. The maximum Gasteiger partial charge on any atom is 0.408 e. The van der Waals surface area contributed by atoms with Crippen LogP contribution in [0, 0.1) is 23.7 Å². The van der Waals surface area contributed by atoms with Crippen LogP contribution in [0.2, 0.25) is 0 Å². The highest BCUT2D eigenvalue weighted by Gasteiger charge is 2.31. The third-order valence-electron chi connectivity index (χ3n) is 7.06. The Morgan fingerprint density at radius 3 is 1.61 bits per heavy atom. The molecule has 0 aliphatic heterocycles. The average molecular weight is 691 g/mol. The smallest absolute Gasteiger partial charge is 0.408 e. The Kier molecular flexibility index (Phi) is 18.8. The van der Waals surface area contributed by atoms with E-state index in [1.165, 1.54) is 0 Å². The quantitative estimate of drug-likeness (QED) is 0.104. The molecule has 4 N–H and O–H groups in total. The van der Waals surface area contributed by atoms with E-state index in [9.17, 15) is 24.0 Å². The van der Waals surface area contributed by atoms with Gasteiger partial charge < -0.3 is 35.5 Å². The number of ether oxygens (including phenoxy) is 3. The molecule has 1 rings (SSSR count). The van der Waals surface area contributed by atoms with Gasteiger partial charge in [-0.1, -0.05) is 85.7 Å². The molecule has 12 heteroatoms. The lowest BCUT2D eigenvalue weighted by atomic mass is 10.0. The van der Waals surface area contributed by atoms with E-state index in [0.29, 0.717) is 25.7 Å². The third kappa shape index (κ3) is 19.7. The van der Waals surface area contributed by atoms with Gasteiger partial charge in [0.15, 0.2) is 0 Å². The van der Waals surface area contributed by atoms with Crippen LogP contribution in [0.4, 0.5) is 9.59 Å². The van der Waals surface area contributed by atoms with Crippen molar-refractivity contribution >= 4 is 30.0 Å². The van der Waals surface area contributed by atoms with E-state index in [-0.39, 0.29) is 36.9 Å². The second-order valence-electron chi connectivity index (χ2n) is 15.4. The summed E-state index contributed by atoms with van der Waals surface area (Å²) in [6, 6.07) is 5.34. The summed E-state index contributed by atoms with van der Waals surface area (Å²) < 4.78 is 16.4. The van der Waals surface area contributed by atoms with Gasteiger partial charge in [0.05, 0.1) is 6.04 Å². The van der Waals surface area contributed by atoms with Crippen molar-refractivity contribution in [3.63, 3.8) is 0 Å². The van der Waals surface area contributed by atoms with E-state index in [2.05, 4.69) is 21.3 Å². The van der Waals surface area contributed by atoms with Crippen LogP contribution in [-0.4, -0.2) is 66.3 Å². The number of carbonyl (C=O) groups excluding carboxylic acids is 5. The number of nitrogens with one attached hydrogen (secondary N) is 4. The van der Waals surface area contributed by atoms with Crippen molar-refractivity contribution in [2.75, 3.05) is 6.61 Å². The zero-order chi connectivity index (χ0) is 37.3. The largest absolute Gasteiger partial charge is 0.462 e. The monoisotopic (exact) mass is 690 g/mol. The van der Waals surface area contributed by atoms with Gasteiger partial charge in [0.25, 0.3) is 0 Å². The topological polar surface area (TPSA) is 161 Å². The highest BCUT2D eigenvalue weighted by molar-refractivity contribution is 5.90. The summed E-state index contributed by atoms with van der Waals surface area (Å²) >= 11 is 0. The molecule has 0 fully saturated rings. The summed E-state index contributed by atoms with van der Waals surface area (Å²) in [5.41, 5.74) is 0.0966. The molecule has 0 spiro atoms. The minimum Gasteiger partial charge on any atom is -0.462 e. The van der Waals surface area contributed by atoms with E-state index >= 15 is 0 Å². The molecule has 1 aromatic carbocycles. The molecule has 278 valence electrons. The van der Waals surface area contributed by atoms with Gasteiger partial charge in [-0.15, -0.1) is 0 Å². The van der Waals surface area contributed by atoms with Crippen molar-refractivity contribution in [1.82, 2.24) is 21.3 Å². The fourth-order valence-electron chi connectivity index (χ4n) is 5.03. The van der Waals surface area contributed by atoms with Crippen molar-refractivity contribution < 1.29 is 38.2 Å². The second kappa shape index (κ2) is 21.3. The maximum absolute atomic E-state index is 13.5.